The van der Waals surface area contributed by atoms with Crippen LogP contribution in [0.1, 0.15) is 15.2 Å². The summed E-state index contributed by atoms with van der Waals surface area (Å²) >= 11 is 8.82. The Kier molecular flexibility index (Phi) is 3.88. The number of anilines is 1. The van der Waals surface area contributed by atoms with Gasteiger partial charge in [-0.25, -0.2) is 0 Å². The van der Waals surface area contributed by atoms with Crippen molar-refractivity contribution in [2.24, 2.45) is 0 Å². The molecule has 0 saturated carbocycles. The van der Waals surface area contributed by atoms with Crippen LogP contribution in [0, 0.1) is 0 Å². The van der Waals surface area contributed by atoms with Gasteiger partial charge in [0.1, 0.15) is 4.88 Å². The molecule has 2 nitrogen and oxygen atoms in total. The summed E-state index contributed by atoms with van der Waals surface area (Å²) in [4.78, 5) is 12.5. The zero-order valence-corrected chi connectivity index (χ0v) is 13.1. The van der Waals surface area contributed by atoms with Gasteiger partial charge in [-0.2, -0.15) is 13.2 Å². The van der Waals surface area contributed by atoms with Gasteiger partial charge < -0.3 is 5.32 Å². The molecule has 3 rings (SSSR count). The Morgan fingerprint density at radius 3 is 2.68 bits per heavy atom. The van der Waals surface area contributed by atoms with Crippen LogP contribution < -0.4 is 5.32 Å². The second-order valence-corrected chi connectivity index (χ2v) is 6.97. The van der Waals surface area contributed by atoms with E-state index in [1.165, 1.54) is 34.8 Å². The summed E-state index contributed by atoms with van der Waals surface area (Å²) in [6.07, 6.45) is -4.45. The molecular weight excluding hydrogens is 355 g/mol. The van der Waals surface area contributed by atoms with E-state index < -0.39 is 17.6 Å². The van der Waals surface area contributed by atoms with Crippen molar-refractivity contribution < 1.29 is 18.0 Å². The number of nitrogens with one attached hydrogen (secondary N) is 1. The zero-order valence-electron chi connectivity index (χ0n) is 10.7. The van der Waals surface area contributed by atoms with Crippen molar-refractivity contribution in [2.45, 2.75) is 6.18 Å². The Balaban J connectivity index is 1.88. The van der Waals surface area contributed by atoms with Crippen molar-refractivity contribution in [1.82, 2.24) is 0 Å². The first-order chi connectivity index (χ1) is 10.4. The highest BCUT2D eigenvalue weighted by molar-refractivity contribution is 7.38. The van der Waals surface area contributed by atoms with Crippen LogP contribution in [0.2, 0.25) is 5.02 Å². The predicted octanol–water partition coefficient (Wildman–Crippen LogP) is 5.89. The largest absolute Gasteiger partial charge is 0.416 e. The van der Waals surface area contributed by atoms with Crippen molar-refractivity contribution in [3.05, 3.63) is 51.2 Å². The van der Waals surface area contributed by atoms with Crippen LogP contribution in [0.3, 0.4) is 0 Å². The van der Waals surface area contributed by atoms with E-state index in [-0.39, 0.29) is 5.69 Å². The van der Waals surface area contributed by atoms with Gasteiger partial charge in [-0.05, 0) is 29.6 Å². The van der Waals surface area contributed by atoms with Crippen LogP contribution in [0.25, 0.3) is 9.40 Å². The minimum atomic E-state index is -4.45. The van der Waals surface area contributed by atoms with Gasteiger partial charge in [0.05, 0.1) is 14.6 Å². The summed E-state index contributed by atoms with van der Waals surface area (Å²) in [6, 6.07) is 6.29. The fourth-order valence-electron chi connectivity index (χ4n) is 1.90. The van der Waals surface area contributed by atoms with Gasteiger partial charge >= 0.3 is 6.18 Å². The van der Waals surface area contributed by atoms with Crippen LogP contribution in [0.15, 0.2) is 35.7 Å². The van der Waals surface area contributed by atoms with E-state index in [0.29, 0.717) is 9.90 Å². The number of benzene rings is 1. The van der Waals surface area contributed by atoms with Gasteiger partial charge in [0, 0.05) is 11.1 Å². The van der Waals surface area contributed by atoms with Crippen LogP contribution in [0.4, 0.5) is 18.9 Å². The molecule has 114 valence electrons. The first-order valence-electron chi connectivity index (χ1n) is 6.00. The number of hydrogen-bond acceptors (Lipinski definition) is 3. The maximum atomic E-state index is 12.7. The van der Waals surface area contributed by atoms with E-state index in [2.05, 4.69) is 5.32 Å². The summed E-state index contributed by atoms with van der Waals surface area (Å²) in [5.41, 5.74) is -0.740. The molecule has 3 aromatic rings. The average Bonchev–Trinajstić information content (AvgIpc) is 3.01. The Bertz CT molecular complexity index is 853. The van der Waals surface area contributed by atoms with E-state index in [1.54, 1.807) is 6.07 Å². The molecule has 0 aliphatic heterocycles. The Morgan fingerprint density at radius 2 is 2.00 bits per heavy atom. The van der Waals surface area contributed by atoms with Gasteiger partial charge in [-0.15, -0.1) is 22.7 Å². The predicted molar refractivity (Wildman–Crippen MR) is 84.1 cm³/mol. The standard InChI is InChI=1S/C14H7ClF3NOS2/c15-10-9-4-5-21-13(9)22-11(10)12(20)19-8-3-1-2-7(6-8)14(16,17)18/h1-6H,(H,19,20). The van der Waals surface area contributed by atoms with Crippen molar-refractivity contribution in [3.63, 3.8) is 0 Å². The molecule has 0 saturated heterocycles. The maximum absolute atomic E-state index is 12.7. The smallest absolute Gasteiger partial charge is 0.321 e. The SMILES string of the molecule is O=C(Nc1cccc(C(F)(F)F)c1)c1sc2sccc2c1Cl. The number of rotatable bonds is 2. The van der Waals surface area contributed by atoms with Gasteiger partial charge in [-0.3, -0.25) is 4.79 Å². The Hall–Kier alpha value is -1.57. The van der Waals surface area contributed by atoms with Crippen LogP contribution >= 0.6 is 34.3 Å². The fraction of sp³-hybridized carbons (Fsp3) is 0.0714. The molecule has 0 fully saturated rings. The minimum Gasteiger partial charge on any atom is -0.321 e. The second kappa shape index (κ2) is 5.57. The third kappa shape index (κ3) is 2.84. The van der Waals surface area contributed by atoms with Crippen molar-refractivity contribution in [3.8, 4) is 0 Å². The molecule has 0 aliphatic carbocycles. The van der Waals surface area contributed by atoms with Crippen molar-refractivity contribution in [1.29, 1.82) is 0 Å². The lowest BCUT2D eigenvalue weighted by atomic mass is 10.2. The molecule has 0 aliphatic rings. The first kappa shape index (κ1) is 15.3. The van der Waals surface area contributed by atoms with Crippen molar-refractivity contribution >= 4 is 55.3 Å². The second-order valence-electron chi connectivity index (χ2n) is 4.40. The minimum absolute atomic E-state index is 0.0765. The van der Waals surface area contributed by atoms with Gasteiger partial charge in [0.25, 0.3) is 5.91 Å². The van der Waals surface area contributed by atoms with Gasteiger partial charge in [0.15, 0.2) is 0 Å². The number of fused-ring (bicyclic) bond motifs is 1. The number of hydrogen-bond donors (Lipinski definition) is 1. The summed E-state index contributed by atoms with van der Waals surface area (Å²) in [6.45, 7) is 0. The quantitative estimate of drug-likeness (QED) is 0.606. The molecule has 0 radical (unpaired) electrons. The summed E-state index contributed by atoms with van der Waals surface area (Å²) < 4.78 is 38.9. The van der Waals surface area contributed by atoms with Gasteiger partial charge in [-0.1, -0.05) is 17.7 Å². The summed E-state index contributed by atoms with van der Waals surface area (Å²) in [7, 11) is 0. The monoisotopic (exact) mass is 361 g/mol. The highest BCUT2D eigenvalue weighted by Crippen LogP contribution is 2.39. The maximum Gasteiger partial charge on any atom is 0.416 e. The lowest BCUT2D eigenvalue weighted by Crippen LogP contribution is -2.12. The van der Waals surface area contributed by atoms with E-state index in [4.69, 9.17) is 11.6 Å². The lowest BCUT2D eigenvalue weighted by Gasteiger charge is -2.09. The van der Waals surface area contributed by atoms with Crippen LogP contribution in [-0.4, -0.2) is 5.91 Å². The van der Waals surface area contributed by atoms with Gasteiger partial charge in [0.2, 0.25) is 0 Å². The number of thiophene rings is 2. The highest BCUT2D eigenvalue weighted by atomic mass is 35.5. The first-order valence-corrected chi connectivity index (χ1v) is 8.08. The summed E-state index contributed by atoms with van der Waals surface area (Å²) in [5, 5.41) is 5.42. The third-order valence-corrected chi connectivity index (χ3v) is 5.66. The number of halogens is 4. The lowest BCUT2D eigenvalue weighted by molar-refractivity contribution is -0.137. The van der Waals surface area contributed by atoms with E-state index >= 15 is 0 Å². The Morgan fingerprint density at radius 1 is 1.23 bits per heavy atom. The van der Waals surface area contributed by atoms with Crippen LogP contribution in [0.5, 0.6) is 0 Å². The normalized spacial score (nSPS) is 11.8. The third-order valence-electron chi connectivity index (χ3n) is 2.91. The highest BCUT2D eigenvalue weighted by Gasteiger charge is 2.30. The molecule has 1 amide bonds. The number of carbonyl (C=O) groups is 1. The molecule has 1 N–H and O–H groups in total. The molecule has 0 unspecified atom stereocenters. The average molecular weight is 362 g/mol. The zero-order chi connectivity index (χ0) is 15.9. The van der Waals surface area contributed by atoms with Crippen molar-refractivity contribution in [2.75, 3.05) is 5.32 Å². The summed E-state index contributed by atoms with van der Waals surface area (Å²) in [5.74, 6) is -0.516. The molecule has 0 atom stereocenters. The van der Waals surface area contributed by atoms with E-state index in [9.17, 15) is 18.0 Å². The van der Waals surface area contributed by atoms with E-state index in [1.807, 2.05) is 5.38 Å². The molecule has 2 heterocycles. The Labute approximate surface area is 136 Å². The molecular formula is C14H7ClF3NOS2. The molecule has 0 bridgehead atoms. The topological polar surface area (TPSA) is 29.1 Å². The number of alkyl halides is 3. The molecule has 0 spiro atoms. The number of amides is 1. The molecule has 2 aromatic heterocycles. The van der Waals surface area contributed by atoms with E-state index in [0.717, 1.165) is 21.5 Å². The molecule has 1 aromatic carbocycles. The number of carbonyl (C=O) groups excluding carboxylic acids is 1. The van der Waals surface area contributed by atoms with Crippen LogP contribution in [-0.2, 0) is 6.18 Å². The molecule has 8 heteroatoms. The fourth-order valence-corrected chi connectivity index (χ4v) is 4.42. The molecule has 22 heavy (non-hydrogen) atoms.